The Hall–Kier alpha value is -2.81. The Morgan fingerprint density at radius 2 is 1.65 bits per heavy atom. The molecule has 0 radical (unpaired) electrons. The van der Waals surface area contributed by atoms with Crippen LogP contribution in [0.4, 0.5) is 17.6 Å². The fraction of sp³-hybridized carbons (Fsp3) is 0.400. The summed E-state index contributed by atoms with van der Waals surface area (Å²) in [5.41, 5.74) is -0.228. The van der Waals surface area contributed by atoms with Crippen molar-refractivity contribution >= 4 is 0 Å². The smallest absolute Gasteiger partial charge is 0.426 e. The first kappa shape index (κ1) is 22.9. The van der Waals surface area contributed by atoms with Crippen LogP contribution >= 0.6 is 0 Å². The van der Waals surface area contributed by atoms with Gasteiger partial charge in [-0.15, -0.1) is 0 Å². The Balaban J connectivity index is 1.64. The van der Waals surface area contributed by atoms with Gasteiger partial charge in [-0.2, -0.15) is 14.0 Å². The molecule has 3 rings (SSSR count). The minimum Gasteiger partial charge on any atom is -0.429 e. The molecule has 6 heteroatoms. The van der Waals surface area contributed by atoms with Crippen LogP contribution in [-0.4, -0.2) is 0 Å². The quantitative estimate of drug-likeness (QED) is 0.334. The summed E-state index contributed by atoms with van der Waals surface area (Å²) < 4.78 is 61.0. The molecular formula is C25H25F4NO. The van der Waals surface area contributed by atoms with Crippen molar-refractivity contribution in [2.24, 2.45) is 5.92 Å². The fourth-order valence-corrected chi connectivity index (χ4v) is 4.06. The highest BCUT2D eigenvalue weighted by Gasteiger charge is 2.35. The molecule has 0 N–H and O–H groups in total. The van der Waals surface area contributed by atoms with Gasteiger partial charge in [-0.05, 0) is 68.1 Å². The molecule has 0 amide bonds. The predicted octanol–water partition coefficient (Wildman–Crippen LogP) is 7.59. The molecule has 0 aliphatic heterocycles. The molecule has 2 aromatic rings. The molecule has 0 bridgehead atoms. The van der Waals surface area contributed by atoms with E-state index in [-0.39, 0.29) is 0 Å². The Morgan fingerprint density at radius 3 is 2.19 bits per heavy atom. The van der Waals surface area contributed by atoms with Gasteiger partial charge in [-0.1, -0.05) is 31.2 Å². The number of hydrogen-bond acceptors (Lipinski definition) is 2. The lowest BCUT2D eigenvalue weighted by molar-refractivity contribution is -0.185. The van der Waals surface area contributed by atoms with E-state index < -0.39 is 34.6 Å². The van der Waals surface area contributed by atoms with Crippen LogP contribution in [0.5, 0.6) is 5.75 Å². The van der Waals surface area contributed by atoms with Crippen LogP contribution in [0, 0.1) is 28.9 Å². The second kappa shape index (κ2) is 10.00. The summed E-state index contributed by atoms with van der Waals surface area (Å²) in [6, 6.07) is 8.44. The maximum absolute atomic E-state index is 14.5. The largest absolute Gasteiger partial charge is 0.429 e. The molecule has 0 aromatic heterocycles. The first-order valence-corrected chi connectivity index (χ1v) is 10.6. The monoisotopic (exact) mass is 431 g/mol. The second-order valence-corrected chi connectivity index (χ2v) is 7.95. The molecule has 2 aromatic carbocycles. The van der Waals surface area contributed by atoms with Crippen molar-refractivity contribution in [3.8, 4) is 11.8 Å². The second-order valence-electron chi connectivity index (χ2n) is 7.95. The zero-order valence-corrected chi connectivity index (χ0v) is 17.4. The average molecular weight is 431 g/mol. The van der Waals surface area contributed by atoms with Crippen LogP contribution in [0.25, 0.3) is 0 Å². The Morgan fingerprint density at radius 1 is 1.03 bits per heavy atom. The van der Waals surface area contributed by atoms with Crippen molar-refractivity contribution in [1.29, 1.82) is 5.26 Å². The van der Waals surface area contributed by atoms with Crippen molar-refractivity contribution in [3.63, 3.8) is 0 Å². The molecule has 2 nitrogen and oxygen atoms in total. The summed E-state index contributed by atoms with van der Waals surface area (Å²) in [6.45, 7) is 2.12. The minimum absolute atomic E-state index is 0.344. The standard InChI is InChI=1S/C25H25F4NO/c1-2-3-4-5-17-6-8-18(9-7-17)19-10-12-20(13-11-19)25(28,29)31-21-14-23(26)22(16-30)24(27)15-21/h3-4,10-15,17-18H,2,5-9H2,1H3. The summed E-state index contributed by atoms with van der Waals surface area (Å²) in [7, 11) is 0. The number of alkyl halides is 2. The van der Waals surface area contributed by atoms with Crippen LogP contribution in [-0.2, 0) is 6.11 Å². The summed E-state index contributed by atoms with van der Waals surface area (Å²) >= 11 is 0. The third-order valence-electron chi connectivity index (χ3n) is 5.81. The summed E-state index contributed by atoms with van der Waals surface area (Å²) in [5.74, 6) is -2.15. The normalized spacial score (nSPS) is 19.4. The van der Waals surface area contributed by atoms with Crippen LogP contribution < -0.4 is 4.74 Å². The number of ether oxygens (including phenoxy) is 1. The van der Waals surface area contributed by atoms with Gasteiger partial charge in [-0.25, -0.2) is 8.78 Å². The molecule has 0 heterocycles. The SMILES string of the molecule is CCC=CCC1CCC(c2ccc(C(F)(F)Oc3cc(F)c(C#N)c(F)c3)cc2)CC1. The lowest BCUT2D eigenvalue weighted by Gasteiger charge is -2.28. The van der Waals surface area contributed by atoms with Crippen molar-refractivity contribution in [3.05, 3.63) is 76.9 Å². The van der Waals surface area contributed by atoms with E-state index in [1.165, 1.54) is 18.2 Å². The Bertz CT molecular complexity index is 931. The van der Waals surface area contributed by atoms with Crippen LogP contribution in [0.15, 0.2) is 48.6 Å². The third kappa shape index (κ3) is 5.66. The number of nitrogens with zero attached hydrogens (tertiary/aromatic N) is 1. The van der Waals surface area contributed by atoms with Gasteiger partial charge in [0, 0.05) is 12.1 Å². The highest BCUT2D eigenvalue weighted by Crippen LogP contribution is 2.39. The van der Waals surface area contributed by atoms with Crippen molar-refractivity contribution < 1.29 is 22.3 Å². The molecule has 0 atom stereocenters. The highest BCUT2D eigenvalue weighted by atomic mass is 19.3. The van der Waals surface area contributed by atoms with Crippen LogP contribution in [0.2, 0.25) is 0 Å². The molecule has 1 aliphatic rings. The maximum Gasteiger partial charge on any atom is 0.426 e. The number of rotatable bonds is 7. The van der Waals surface area contributed by atoms with E-state index in [1.54, 1.807) is 12.1 Å². The molecule has 164 valence electrons. The molecule has 1 aliphatic carbocycles. The van der Waals surface area contributed by atoms with Gasteiger partial charge in [0.1, 0.15) is 29.0 Å². The van der Waals surface area contributed by atoms with Gasteiger partial charge in [0.25, 0.3) is 0 Å². The first-order valence-electron chi connectivity index (χ1n) is 10.6. The number of benzene rings is 2. The summed E-state index contributed by atoms with van der Waals surface area (Å²) in [6.07, 6.45) is 7.10. The van der Waals surface area contributed by atoms with E-state index in [0.29, 0.717) is 24.0 Å². The third-order valence-corrected chi connectivity index (χ3v) is 5.81. The van der Waals surface area contributed by atoms with Gasteiger partial charge >= 0.3 is 6.11 Å². The van der Waals surface area contributed by atoms with E-state index in [4.69, 9.17) is 5.26 Å². The van der Waals surface area contributed by atoms with Gasteiger partial charge in [0.05, 0.1) is 5.56 Å². The van der Waals surface area contributed by atoms with Gasteiger partial charge in [-0.3, -0.25) is 0 Å². The average Bonchev–Trinajstić information content (AvgIpc) is 2.74. The van der Waals surface area contributed by atoms with E-state index in [0.717, 1.165) is 44.1 Å². The van der Waals surface area contributed by atoms with E-state index in [9.17, 15) is 17.6 Å². The van der Waals surface area contributed by atoms with Crippen LogP contribution in [0.3, 0.4) is 0 Å². The zero-order valence-electron chi connectivity index (χ0n) is 17.4. The molecule has 0 unspecified atom stereocenters. The number of halogens is 4. The number of hydrogen-bond donors (Lipinski definition) is 0. The molecular weight excluding hydrogens is 406 g/mol. The lowest BCUT2D eigenvalue weighted by Crippen LogP contribution is -2.22. The van der Waals surface area contributed by atoms with Crippen molar-refractivity contribution in [2.45, 2.75) is 57.5 Å². The zero-order chi connectivity index (χ0) is 22.4. The Labute approximate surface area is 180 Å². The molecule has 0 saturated heterocycles. The summed E-state index contributed by atoms with van der Waals surface area (Å²) in [4.78, 5) is 0. The minimum atomic E-state index is -3.77. The topological polar surface area (TPSA) is 33.0 Å². The highest BCUT2D eigenvalue weighted by molar-refractivity contribution is 5.38. The van der Waals surface area contributed by atoms with E-state index >= 15 is 0 Å². The Kier molecular flexibility index (Phi) is 7.37. The number of nitriles is 1. The van der Waals surface area contributed by atoms with Gasteiger partial charge < -0.3 is 4.74 Å². The molecule has 0 spiro atoms. The lowest BCUT2D eigenvalue weighted by atomic mass is 9.77. The fourth-order valence-electron chi connectivity index (χ4n) is 4.06. The maximum atomic E-state index is 14.5. The molecule has 1 fully saturated rings. The van der Waals surface area contributed by atoms with E-state index in [2.05, 4.69) is 23.8 Å². The van der Waals surface area contributed by atoms with E-state index in [1.807, 2.05) is 0 Å². The number of allylic oxidation sites excluding steroid dienone is 2. The predicted molar refractivity (Wildman–Crippen MR) is 111 cm³/mol. The summed E-state index contributed by atoms with van der Waals surface area (Å²) in [5, 5.41) is 8.68. The van der Waals surface area contributed by atoms with Crippen molar-refractivity contribution in [2.75, 3.05) is 0 Å². The molecule has 1 saturated carbocycles. The first-order chi connectivity index (χ1) is 14.8. The van der Waals surface area contributed by atoms with Gasteiger partial charge in [0.15, 0.2) is 0 Å². The molecule has 31 heavy (non-hydrogen) atoms. The van der Waals surface area contributed by atoms with Gasteiger partial charge in [0.2, 0.25) is 0 Å². The van der Waals surface area contributed by atoms with Crippen molar-refractivity contribution in [1.82, 2.24) is 0 Å². The van der Waals surface area contributed by atoms with Crippen LogP contribution in [0.1, 0.15) is 68.1 Å².